The molecule has 4 rings (SSSR count). The zero-order valence-corrected chi connectivity index (χ0v) is 19.1. The van der Waals surface area contributed by atoms with Gasteiger partial charge in [-0.3, -0.25) is 9.59 Å². The van der Waals surface area contributed by atoms with Crippen molar-refractivity contribution in [3.05, 3.63) is 65.2 Å². The van der Waals surface area contributed by atoms with Crippen LogP contribution in [0.1, 0.15) is 42.5 Å². The maximum Gasteiger partial charge on any atom is 0.243 e. The fourth-order valence-corrected chi connectivity index (χ4v) is 6.00. The number of rotatable bonds is 6. The van der Waals surface area contributed by atoms with E-state index in [0.717, 1.165) is 30.4 Å². The Morgan fingerprint density at radius 1 is 0.969 bits per heavy atom. The van der Waals surface area contributed by atoms with Crippen LogP contribution in [0.5, 0.6) is 0 Å². The smallest absolute Gasteiger partial charge is 0.243 e. The van der Waals surface area contributed by atoms with Crippen molar-refractivity contribution in [2.75, 3.05) is 26.2 Å². The van der Waals surface area contributed by atoms with Gasteiger partial charge in [0.05, 0.1) is 17.4 Å². The number of nitrogens with one attached hydrogen (secondary N) is 1. The molecule has 8 heteroatoms. The molecule has 2 aromatic carbocycles. The minimum Gasteiger partial charge on any atom is -0.349 e. The highest BCUT2D eigenvalue weighted by atomic mass is 32.2. The maximum absolute atomic E-state index is 13.1. The second-order valence-corrected chi connectivity index (χ2v) is 10.4. The summed E-state index contributed by atoms with van der Waals surface area (Å²) < 4.78 is 27.7. The first-order valence-electron chi connectivity index (χ1n) is 11.1. The highest BCUT2D eigenvalue weighted by Gasteiger charge is 2.31. The Bertz CT molecular complexity index is 1090. The van der Waals surface area contributed by atoms with Gasteiger partial charge in [-0.25, -0.2) is 8.42 Å². The minimum absolute atomic E-state index is 0.0952. The van der Waals surface area contributed by atoms with Crippen molar-refractivity contribution in [3.63, 3.8) is 0 Å². The number of carbonyl (C=O) groups is 2. The molecule has 0 saturated carbocycles. The second-order valence-electron chi connectivity index (χ2n) is 8.44. The average molecular weight is 456 g/mol. The molecule has 0 aromatic heterocycles. The van der Waals surface area contributed by atoms with Gasteiger partial charge in [0.25, 0.3) is 0 Å². The third kappa shape index (κ3) is 4.86. The number of piperazine rings is 1. The number of benzene rings is 2. The van der Waals surface area contributed by atoms with E-state index in [1.807, 2.05) is 42.5 Å². The predicted molar refractivity (Wildman–Crippen MR) is 121 cm³/mol. The standard InChI is InChI=1S/C24H29N3O4S/c1-18(28)25-23(20-6-3-2-4-7-20)17-24(29)26-12-14-27(15-13-26)32(30,31)22-11-10-19-8-5-9-21(19)16-22/h2-4,6-7,10-11,16,23H,5,8-9,12-15,17H2,1H3,(H,25,28). The molecule has 2 amide bonds. The lowest BCUT2D eigenvalue weighted by atomic mass is 10.0. The quantitative estimate of drug-likeness (QED) is 0.724. The van der Waals surface area contributed by atoms with E-state index in [-0.39, 0.29) is 31.3 Å². The van der Waals surface area contributed by atoms with E-state index in [0.29, 0.717) is 18.0 Å². The summed E-state index contributed by atoms with van der Waals surface area (Å²) in [6, 6.07) is 14.4. The van der Waals surface area contributed by atoms with E-state index < -0.39 is 16.1 Å². The van der Waals surface area contributed by atoms with Crippen LogP contribution in [0.3, 0.4) is 0 Å². The fourth-order valence-electron chi connectivity index (χ4n) is 4.52. The molecule has 0 spiro atoms. The number of aryl methyl sites for hydroxylation is 2. The number of fused-ring (bicyclic) bond motifs is 1. The molecule has 1 heterocycles. The molecular weight excluding hydrogens is 426 g/mol. The van der Waals surface area contributed by atoms with Crippen LogP contribution in [0.25, 0.3) is 0 Å². The van der Waals surface area contributed by atoms with Crippen LogP contribution in [0.2, 0.25) is 0 Å². The number of carbonyl (C=O) groups excluding carboxylic acids is 2. The molecule has 2 aromatic rings. The van der Waals surface area contributed by atoms with Gasteiger partial charge in [-0.05, 0) is 48.1 Å². The monoisotopic (exact) mass is 455 g/mol. The number of hydrogen-bond donors (Lipinski definition) is 1. The summed E-state index contributed by atoms with van der Waals surface area (Å²) in [5.74, 6) is -0.293. The largest absolute Gasteiger partial charge is 0.349 e. The fraction of sp³-hybridized carbons (Fsp3) is 0.417. The maximum atomic E-state index is 13.1. The second kappa shape index (κ2) is 9.42. The van der Waals surface area contributed by atoms with Gasteiger partial charge >= 0.3 is 0 Å². The van der Waals surface area contributed by atoms with Crippen LogP contribution < -0.4 is 5.32 Å². The topological polar surface area (TPSA) is 86.8 Å². The molecule has 7 nitrogen and oxygen atoms in total. The number of nitrogens with zero attached hydrogens (tertiary/aromatic N) is 2. The summed E-state index contributed by atoms with van der Waals surface area (Å²) in [4.78, 5) is 26.6. The van der Waals surface area contributed by atoms with E-state index in [1.54, 1.807) is 11.0 Å². The minimum atomic E-state index is -3.58. The van der Waals surface area contributed by atoms with Crippen LogP contribution in [-0.4, -0.2) is 55.6 Å². The SMILES string of the molecule is CC(=O)NC(CC(=O)N1CCN(S(=O)(=O)c2ccc3c(c2)CCC3)CC1)c1ccccc1. The van der Waals surface area contributed by atoms with Crippen molar-refractivity contribution in [2.45, 2.75) is 43.5 Å². The van der Waals surface area contributed by atoms with Crippen LogP contribution in [0.15, 0.2) is 53.4 Å². The summed E-state index contributed by atoms with van der Waals surface area (Å²) in [6.07, 6.45) is 3.15. The van der Waals surface area contributed by atoms with Crippen LogP contribution in [0, 0.1) is 0 Å². The highest BCUT2D eigenvalue weighted by Crippen LogP contribution is 2.27. The Labute approximate surface area is 189 Å². The van der Waals surface area contributed by atoms with Gasteiger partial charge in [0.15, 0.2) is 0 Å². The third-order valence-corrected chi connectivity index (χ3v) is 8.15. The van der Waals surface area contributed by atoms with Crippen molar-refractivity contribution < 1.29 is 18.0 Å². The van der Waals surface area contributed by atoms with Crippen molar-refractivity contribution in [2.24, 2.45) is 0 Å². The van der Waals surface area contributed by atoms with E-state index in [4.69, 9.17) is 0 Å². The van der Waals surface area contributed by atoms with E-state index in [2.05, 4.69) is 5.32 Å². The van der Waals surface area contributed by atoms with Gasteiger partial charge in [-0.15, -0.1) is 0 Å². The van der Waals surface area contributed by atoms with Crippen LogP contribution in [-0.2, 0) is 32.5 Å². The van der Waals surface area contributed by atoms with E-state index in [9.17, 15) is 18.0 Å². The summed E-state index contributed by atoms with van der Waals surface area (Å²) in [7, 11) is -3.58. The molecule has 1 aliphatic carbocycles. The Balaban J connectivity index is 1.39. The Morgan fingerprint density at radius 2 is 1.66 bits per heavy atom. The number of sulfonamides is 1. The Morgan fingerprint density at radius 3 is 2.34 bits per heavy atom. The van der Waals surface area contributed by atoms with E-state index in [1.165, 1.54) is 16.8 Å². The van der Waals surface area contributed by atoms with Crippen LogP contribution in [0.4, 0.5) is 0 Å². The first-order chi connectivity index (χ1) is 15.3. The lowest BCUT2D eigenvalue weighted by Gasteiger charge is -2.35. The molecule has 0 radical (unpaired) electrons. The molecule has 32 heavy (non-hydrogen) atoms. The summed E-state index contributed by atoms with van der Waals surface area (Å²) in [5, 5.41) is 2.85. The van der Waals surface area contributed by atoms with Crippen LogP contribution >= 0.6 is 0 Å². The Kier molecular flexibility index (Phi) is 6.62. The first kappa shape index (κ1) is 22.5. The number of hydrogen-bond acceptors (Lipinski definition) is 4. The van der Waals surface area contributed by atoms with Gasteiger partial charge in [0.2, 0.25) is 21.8 Å². The molecule has 1 fully saturated rings. The van der Waals surface area contributed by atoms with Gasteiger partial charge in [-0.1, -0.05) is 36.4 Å². The van der Waals surface area contributed by atoms with Crippen molar-refractivity contribution in [3.8, 4) is 0 Å². The summed E-state index contributed by atoms with van der Waals surface area (Å²) >= 11 is 0. The normalized spacial score (nSPS) is 17.6. The third-order valence-electron chi connectivity index (χ3n) is 6.26. The van der Waals surface area contributed by atoms with Crippen molar-refractivity contribution in [1.29, 1.82) is 0 Å². The molecule has 170 valence electrons. The Hall–Kier alpha value is -2.71. The highest BCUT2D eigenvalue weighted by molar-refractivity contribution is 7.89. The zero-order valence-electron chi connectivity index (χ0n) is 18.3. The van der Waals surface area contributed by atoms with Gasteiger partial charge in [0, 0.05) is 33.1 Å². The molecule has 1 unspecified atom stereocenters. The summed E-state index contributed by atoms with van der Waals surface area (Å²) in [5.41, 5.74) is 3.24. The lowest BCUT2D eigenvalue weighted by Crippen LogP contribution is -2.51. The predicted octanol–water partition coefficient (Wildman–Crippen LogP) is 2.28. The van der Waals surface area contributed by atoms with Gasteiger partial charge in [-0.2, -0.15) is 4.31 Å². The molecule has 1 aliphatic heterocycles. The molecule has 1 atom stereocenters. The summed E-state index contributed by atoms with van der Waals surface area (Å²) in [6.45, 7) is 2.64. The molecule has 1 N–H and O–H groups in total. The first-order valence-corrected chi connectivity index (χ1v) is 12.5. The average Bonchev–Trinajstić information content (AvgIpc) is 3.27. The zero-order chi connectivity index (χ0) is 22.7. The van der Waals surface area contributed by atoms with Gasteiger partial charge in [0.1, 0.15) is 0 Å². The van der Waals surface area contributed by atoms with Crippen molar-refractivity contribution >= 4 is 21.8 Å². The van der Waals surface area contributed by atoms with E-state index >= 15 is 0 Å². The molecule has 0 bridgehead atoms. The number of amides is 2. The molecule has 2 aliphatic rings. The molecule has 1 saturated heterocycles. The van der Waals surface area contributed by atoms with Gasteiger partial charge < -0.3 is 10.2 Å². The lowest BCUT2D eigenvalue weighted by molar-refractivity contribution is -0.133. The molecular formula is C24H29N3O4S. The van der Waals surface area contributed by atoms with Crippen molar-refractivity contribution in [1.82, 2.24) is 14.5 Å².